The molecule has 0 atom stereocenters. The fourth-order valence-electron chi connectivity index (χ4n) is 1.66. The fraction of sp³-hybridized carbons (Fsp3) is 0. The maximum atomic E-state index is 10.7. The molecule has 0 spiro atoms. The lowest BCUT2D eigenvalue weighted by Gasteiger charge is -2.05. The van der Waals surface area contributed by atoms with Gasteiger partial charge in [0.25, 0.3) is 5.69 Å². The molecule has 0 aliphatic heterocycles. The predicted octanol–water partition coefficient (Wildman–Crippen LogP) is 1.40. The van der Waals surface area contributed by atoms with Gasteiger partial charge < -0.3 is 0 Å². The summed E-state index contributed by atoms with van der Waals surface area (Å²) in [7, 11) is 0. The number of non-ortho nitro benzene ring substituents is 1. The summed E-state index contributed by atoms with van der Waals surface area (Å²) in [4.78, 5) is 13.8. The van der Waals surface area contributed by atoms with Crippen LogP contribution in [0.3, 0.4) is 0 Å². The number of imidazole rings is 1. The smallest absolute Gasteiger partial charge is 0.270 e. The normalized spacial score (nSPS) is 9.25. The lowest BCUT2D eigenvalue weighted by molar-refractivity contribution is -0.384. The number of rotatable bonds is 2. The lowest BCUT2D eigenvalue weighted by atomic mass is 10.1. The Bertz CT molecular complexity index is 831. The highest BCUT2D eigenvalue weighted by molar-refractivity contribution is 5.56. The number of benzene rings is 1. The SMILES string of the molecule is N#Cc1cc([N+](=O)[O-])ccc1-n1cnc(C#N)c1C#N. The Morgan fingerprint density at radius 3 is 2.50 bits per heavy atom. The van der Waals surface area contributed by atoms with E-state index < -0.39 is 4.92 Å². The van der Waals surface area contributed by atoms with Crippen molar-refractivity contribution >= 4 is 5.69 Å². The summed E-state index contributed by atoms with van der Waals surface area (Å²) in [5.41, 5.74) is -0.0711. The van der Waals surface area contributed by atoms with Crippen LogP contribution < -0.4 is 0 Å². The van der Waals surface area contributed by atoms with E-state index in [0.717, 1.165) is 6.07 Å². The summed E-state index contributed by atoms with van der Waals surface area (Å²) < 4.78 is 1.25. The van der Waals surface area contributed by atoms with E-state index in [1.807, 2.05) is 12.1 Å². The van der Waals surface area contributed by atoms with Gasteiger partial charge in [-0.1, -0.05) is 0 Å². The number of aromatic nitrogens is 2. The van der Waals surface area contributed by atoms with E-state index in [1.165, 1.54) is 23.0 Å². The van der Waals surface area contributed by atoms with E-state index in [1.54, 1.807) is 6.07 Å². The Kier molecular flexibility index (Phi) is 3.12. The highest BCUT2D eigenvalue weighted by atomic mass is 16.6. The Labute approximate surface area is 112 Å². The molecule has 0 fully saturated rings. The third kappa shape index (κ3) is 1.92. The number of hydrogen-bond acceptors (Lipinski definition) is 6. The van der Waals surface area contributed by atoms with E-state index in [4.69, 9.17) is 15.8 Å². The van der Waals surface area contributed by atoms with Gasteiger partial charge >= 0.3 is 0 Å². The van der Waals surface area contributed by atoms with Crippen LogP contribution in [0, 0.1) is 44.1 Å². The summed E-state index contributed by atoms with van der Waals surface area (Å²) in [6.45, 7) is 0. The van der Waals surface area contributed by atoms with Gasteiger partial charge in [-0.3, -0.25) is 14.7 Å². The average molecular weight is 264 g/mol. The van der Waals surface area contributed by atoms with Crippen LogP contribution in [-0.2, 0) is 0 Å². The number of hydrogen-bond donors (Lipinski definition) is 0. The van der Waals surface area contributed by atoms with Crippen molar-refractivity contribution in [3.63, 3.8) is 0 Å². The summed E-state index contributed by atoms with van der Waals surface area (Å²) in [6, 6.07) is 9.04. The first kappa shape index (κ1) is 12.7. The van der Waals surface area contributed by atoms with Crippen LogP contribution in [0.5, 0.6) is 0 Å². The molecule has 94 valence electrons. The van der Waals surface area contributed by atoms with Crippen LogP contribution in [0.1, 0.15) is 17.0 Å². The first-order valence-corrected chi connectivity index (χ1v) is 5.18. The van der Waals surface area contributed by atoms with Crippen molar-refractivity contribution in [2.24, 2.45) is 0 Å². The van der Waals surface area contributed by atoms with Crippen molar-refractivity contribution in [2.75, 3.05) is 0 Å². The number of nitro groups is 1. The largest absolute Gasteiger partial charge is 0.288 e. The molecule has 0 amide bonds. The first-order valence-electron chi connectivity index (χ1n) is 5.18. The average Bonchev–Trinajstić information content (AvgIpc) is 2.88. The minimum absolute atomic E-state index is 0.0117. The van der Waals surface area contributed by atoms with Crippen LogP contribution >= 0.6 is 0 Å². The second kappa shape index (κ2) is 4.89. The summed E-state index contributed by atoms with van der Waals surface area (Å²) in [5.74, 6) is 0. The van der Waals surface area contributed by atoms with Crippen molar-refractivity contribution in [3.8, 4) is 23.9 Å². The molecule has 2 aromatic rings. The fourth-order valence-corrected chi connectivity index (χ4v) is 1.66. The van der Waals surface area contributed by atoms with Crippen molar-refractivity contribution in [2.45, 2.75) is 0 Å². The maximum absolute atomic E-state index is 10.7. The van der Waals surface area contributed by atoms with Crippen molar-refractivity contribution in [1.82, 2.24) is 9.55 Å². The Morgan fingerprint density at radius 1 is 1.20 bits per heavy atom. The molecule has 0 bridgehead atoms. The van der Waals surface area contributed by atoms with Gasteiger partial charge in [0.15, 0.2) is 11.4 Å². The summed E-state index contributed by atoms with van der Waals surface area (Å²) in [6.07, 6.45) is 1.22. The van der Waals surface area contributed by atoms with Crippen LogP contribution in [-0.4, -0.2) is 14.5 Å². The van der Waals surface area contributed by atoms with E-state index in [2.05, 4.69) is 4.98 Å². The van der Waals surface area contributed by atoms with E-state index in [0.29, 0.717) is 0 Å². The highest BCUT2D eigenvalue weighted by Gasteiger charge is 2.16. The zero-order valence-corrected chi connectivity index (χ0v) is 9.81. The molecule has 0 aliphatic carbocycles. The summed E-state index contributed by atoms with van der Waals surface area (Å²) in [5, 5.41) is 37.6. The molecule has 0 saturated heterocycles. The standard InChI is InChI=1S/C12H4N6O2/c13-4-8-3-9(18(19)20)1-2-11(8)17-7-16-10(5-14)12(17)6-15/h1-3,7H. The third-order valence-electron chi connectivity index (χ3n) is 2.55. The second-order valence-corrected chi connectivity index (χ2v) is 3.61. The molecule has 8 nitrogen and oxygen atoms in total. The highest BCUT2D eigenvalue weighted by Crippen LogP contribution is 2.22. The minimum Gasteiger partial charge on any atom is -0.288 e. The van der Waals surface area contributed by atoms with Gasteiger partial charge in [-0.2, -0.15) is 15.8 Å². The molecule has 0 N–H and O–H groups in total. The Hall–Kier alpha value is -3.70. The van der Waals surface area contributed by atoms with Gasteiger partial charge in [0, 0.05) is 12.1 Å². The lowest BCUT2D eigenvalue weighted by Crippen LogP contribution is -2.00. The van der Waals surface area contributed by atoms with Crippen LogP contribution in [0.15, 0.2) is 24.5 Å². The quantitative estimate of drug-likeness (QED) is 0.594. The minimum atomic E-state index is -0.621. The molecule has 8 heteroatoms. The number of nitrogens with zero attached hydrogens (tertiary/aromatic N) is 6. The molecule has 1 heterocycles. The molecular formula is C12H4N6O2. The predicted molar refractivity (Wildman–Crippen MR) is 64.4 cm³/mol. The van der Waals surface area contributed by atoms with Gasteiger partial charge in [-0.15, -0.1) is 0 Å². The van der Waals surface area contributed by atoms with Crippen molar-refractivity contribution < 1.29 is 4.92 Å². The number of nitro benzene ring substituents is 1. The maximum Gasteiger partial charge on any atom is 0.270 e. The van der Waals surface area contributed by atoms with E-state index >= 15 is 0 Å². The zero-order chi connectivity index (χ0) is 14.7. The van der Waals surface area contributed by atoms with Crippen LogP contribution in [0.25, 0.3) is 5.69 Å². The van der Waals surface area contributed by atoms with Crippen LogP contribution in [0.4, 0.5) is 5.69 Å². The van der Waals surface area contributed by atoms with E-state index in [9.17, 15) is 10.1 Å². The van der Waals surface area contributed by atoms with Crippen molar-refractivity contribution in [1.29, 1.82) is 15.8 Å². The molecule has 2 rings (SSSR count). The molecule has 0 aliphatic rings. The molecule has 20 heavy (non-hydrogen) atoms. The van der Waals surface area contributed by atoms with Gasteiger partial charge in [0.05, 0.1) is 16.2 Å². The topological polar surface area (TPSA) is 132 Å². The van der Waals surface area contributed by atoms with Crippen LogP contribution in [0.2, 0.25) is 0 Å². The summed E-state index contributed by atoms with van der Waals surface area (Å²) >= 11 is 0. The molecule has 0 radical (unpaired) electrons. The van der Waals surface area contributed by atoms with Gasteiger partial charge in [0.1, 0.15) is 24.5 Å². The molecule has 1 aromatic heterocycles. The molecule has 0 saturated carbocycles. The van der Waals surface area contributed by atoms with Gasteiger partial charge in [0.2, 0.25) is 0 Å². The second-order valence-electron chi connectivity index (χ2n) is 3.61. The monoisotopic (exact) mass is 264 g/mol. The van der Waals surface area contributed by atoms with Gasteiger partial charge in [-0.05, 0) is 6.07 Å². The number of nitriles is 3. The Morgan fingerprint density at radius 2 is 1.95 bits per heavy atom. The first-order chi connectivity index (χ1) is 9.62. The Balaban J connectivity index is 2.69. The molecule has 1 aromatic carbocycles. The van der Waals surface area contributed by atoms with E-state index in [-0.39, 0.29) is 28.3 Å². The molecule has 0 unspecified atom stereocenters. The van der Waals surface area contributed by atoms with Crippen molar-refractivity contribution in [3.05, 3.63) is 51.6 Å². The zero-order valence-electron chi connectivity index (χ0n) is 9.81. The van der Waals surface area contributed by atoms with Gasteiger partial charge in [-0.25, -0.2) is 4.98 Å². The molecular weight excluding hydrogens is 260 g/mol. The third-order valence-corrected chi connectivity index (χ3v) is 2.55.